The van der Waals surface area contributed by atoms with Crippen molar-refractivity contribution in [3.63, 3.8) is 0 Å². The Bertz CT molecular complexity index is 400. The second-order valence-corrected chi connectivity index (χ2v) is 6.04. The highest BCUT2D eigenvalue weighted by molar-refractivity contribution is 7.99. The Morgan fingerprint density at radius 1 is 1.29 bits per heavy atom. The topological polar surface area (TPSA) is 66.5 Å². The first-order chi connectivity index (χ1) is 8.15. The maximum atomic E-state index is 12.4. The van der Waals surface area contributed by atoms with Crippen LogP contribution in [0.5, 0.6) is 0 Å². The van der Waals surface area contributed by atoms with E-state index in [0.717, 1.165) is 24.3 Å². The minimum absolute atomic E-state index is 0.0296. The molecule has 6 heteroatoms. The molecule has 3 rings (SSSR count). The number of nitrogens with one attached hydrogen (secondary N) is 1. The SMILES string of the molecule is O=C1NC(=O)C2(CCC2)C(=O)N1C1CCSC1. The van der Waals surface area contributed by atoms with Gasteiger partial charge in [-0.05, 0) is 25.0 Å². The van der Waals surface area contributed by atoms with E-state index in [1.165, 1.54) is 4.90 Å². The lowest BCUT2D eigenvalue weighted by atomic mass is 9.66. The van der Waals surface area contributed by atoms with Gasteiger partial charge in [-0.15, -0.1) is 0 Å². The van der Waals surface area contributed by atoms with Gasteiger partial charge in [0.15, 0.2) is 0 Å². The van der Waals surface area contributed by atoms with Crippen molar-refractivity contribution in [3.8, 4) is 0 Å². The van der Waals surface area contributed by atoms with Crippen LogP contribution in [0.15, 0.2) is 0 Å². The quantitative estimate of drug-likeness (QED) is 0.701. The number of urea groups is 1. The monoisotopic (exact) mass is 254 g/mol. The molecular formula is C11H14N2O3S. The van der Waals surface area contributed by atoms with E-state index in [1.54, 1.807) is 11.8 Å². The Morgan fingerprint density at radius 2 is 2.06 bits per heavy atom. The highest BCUT2D eigenvalue weighted by Gasteiger charge is 2.58. The predicted octanol–water partition coefficient (Wildman–Crippen LogP) is 0.741. The van der Waals surface area contributed by atoms with Crippen molar-refractivity contribution in [1.82, 2.24) is 10.2 Å². The lowest BCUT2D eigenvalue weighted by Crippen LogP contribution is -2.68. The number of amides is 4. The Morgan fingerprint density at radius 3 is 2.59 bits per heavy atom. The van der Waals surface area contributed by atoms with Gasteiger partial charge in [-0.25, -0.2) is 4.79 Å². The fourth-order valence-electron chi connectivity index (χ4n) is 2.73. The molecule has 1 saturated carbocycles. The number of nitrogens with zero attached hydrogens (tertiary/aromatic N) is 1. The Labute approximate surface area is 103 Å². The van der Waals surface area contributed by atoms with E-state index in [0.29, 0.717) is 12.8 Å². The fraction of sp³-hybridized carbons (Fsp3) is 0.727. The predicted molar refractivity (Wildman–Crippen MR) is 62.4 cm³/mol. The van der Waals surface area contributed by atoms with Crippen LogP contribution in [0.1, 0.15) is 25.7 Å². The molecule has 1 aliphatic carbocycles. The minimum atomic E-state index is -0.916. The molecule has 2 heterocycles. The Hall–Kier alpha value is -1.04. The van der Waals surface area contributed by atoms with Gasteiger partial charge < -0.3 is 0 Å². The van der Waals surface area contributed by atoms with Gasteiger partial charge in [-0.3, -0.25) is 19.8 Å². The van der Waals surface area contributed by atoms with E-state index in [4.69, 9.17) is 0 Å². The molecule has 0 aromatic rings. The van der Waals surface area contributed by atoms with E-state index in [9.17, 15) is 14.4 Å². The molecule has 0 aromatic carbocycles. The average Bonchev–Trinajstić information content (AvgIpc) is 2.67. The molecule has 92 valence electrons. The van der Waals surface area contributed by atoms with E-state index < -0.39 is 11.4 Å². The molecule has 1 unspecified atom stereocenters. The molecule has 0 radical (unpaired) electrons. The third-order valence-electron chi connectivity index (χ3n) is 3.98. The van der Waals surface area contributed by atoms with Crippen LogP contribution in [0.25, 0.3) is 0 Å². The largest absolute Gasteiger partial charge is 0.331 e. The summed E-state index contributed by atoms with van der Waals surface area (Å²) in [7, 11) is 0. The molecule has 2 aliphatic heterocycles. The normalized spacial score (nSPS) is 31.6. The van der Waals surface area contributed by atoms with Gasteiger partial charge in [0.05, 0.1) is 6.04 Å². The van der Waals surface area contributed by atoms with E-state index >= 15 is 0 Å². The lowest BCUT2D eigenvalue weighted by Gasteiger charge is -2.46. The summed E-state index contributed by atoms with van der Waals surface area (Å²) in [5, 5.41) is 2.35. The summed E-state index contributed by atoms with van der Waals surface area (Å²) >= 11 is 1.75. The molecule has 3 fully saturated rings. The molecular weight excluding hydrogens is 240 g/mol. The van der Waals surface area contributed by atoms with E-state index in [-0.39, 0.29) is 17.9 Å². The van der Waals surface area contributed by atoms with Crippen molar-refractivity contribution in [2.24, 2.45) is 5.41 Å². The van der Waals surface area contributed by atoms with Crippen molar-refractivity contribution >= 4 is 29.6 Å². The number of rotatable bonds is 1. The second kappa shape index (κ2) is 3.73. The number of carbonyl (C=O) groups is 3. The van der Waals surface area contributed by atoms with Crippen LogP contribution in [0.2, 0.25) is 0 Å². The zero-order chi connectivity index (χ0) is 12.0. The van der Waals surface area contributed by atoms with Gasteiger partial charge in [0.25, 0.3) is 0 Å². The first-order valence-corrected chi connectivity index (χ1v) is 7.07. The van der Waals surface area contributed by atoms with Gasteiger partial charge in [0.1, 0.15) is 5.41 Å². The van der Waals surface area contributed by atoms with Gasteiger partial charge in [-0.2, -0.15) is 11.8 Å². The van der Waals surface area contributed by atoms with Crippen LogP contribution in [0.4, 0.5) is 4.79 Å². The van der Waals surface area contributed by atoms with Crippen LogP contribution in [0.3, 0.4) is 0 Å². The summed E-state index contributed by atoms with van der Waals surface area (Å²) in [6.45, 7) is 0. The van der Waals surface area contributed by atoms with Crippen LogP contribution >= 0.6 is 11.8 Å². The van der Waals surface area contributed by atoms with Crippen LogP contribution in [0, 0.1) is 5.41 Å². The maximum absolute atomic E-state index is 12.4. The Kier molecular flexibility index (Phi) is 2.43. The number of imide groups is 2. The summed E-state index contributed by atoms with van der Waals surface area (Å²) < 4.78 is 0. The van der Waals surface area contributed by atoms with Gasteiger partial charge in [0.2, 0.25) is 11.8 Å². The first kappa shape index (κ1) is 11.1. The Balaban J connectivity index is 1.90. The summed E-state index contributed by atoms with van der Waals surface area (Å²) in [6, 6.07) is -0.553. The van der Waals surface area contributed by atoms with Gasteiger partial charge in [0, 0.05) is 5.75 Å². The molecule has 0 bridgehead atoms. The zero-order valence-corrected chi connectivity index (χ0v) is 10.2. The van der Waals surface area contributed by atoms with Gasteiger partial charge >= 0.3 is 6.03 Å². The molecule has 3 aliphatic rings. The first-order valence-electron chi connectivity index (χ1n) is 5.92. The fourth-order valence-corrected chi connectivity index (χ4v) is 3.92. The third kappa shape index (κ3) is 1.43. The van der Waals surface area contributed by atoms with Crippen LogP contribution in [-0.2, 0) is 9.59 Å². The highest BCUT2D eigenvalue weighted by atomic mass is 32.2. The minimum Gasteiger partial charge on any atom is -0.277 e. The number of hydrogen-bond acceptors (Lipinski definition) is 4. The van der Waals surface area contributed by atoms with Crippen molar-refractivity contribution < 1.29 is 14.4 Å². The molecule has 4 amide bonds. The van der Waals surface area contributed by atoms with E-state index in [2.05, 4.69) is 5.32 Å². The molecule has 5 nitrogen and oxygen atoms in total. The average molecular weight is 254 g/mol. The number of hydrogen-bond donors (Lipinski definition) is 1. The molecule has 1 spiro atoms. The number of thioether (sulfide) groups is 1. The van der Waals surface area contributed by atoms with Crippen molar-refractivity contribution in [1.29, 1.82) is 0 Å². The summed E-state index contributed by atoms with van der Waals surface area (Å²) in [5.74, 6) is 1.12. The zero-order valence-electron chi connectivity index (χ0n) is 9.40. The molecule has 1 atom stereocenters. The van der Waals surface area contributed by atoms with Crippen LogP contribution in [-0.4, -0.2) is 40.3 Å². The van der Waals surface area contributed by atoms with Crippen LogP contribution < -0.4 is 5.32 Å². The van der Waals surface area contributed by atoms with Crippen molar-refractivity contribution in [2.45, 2.75) is 31.7 Å². The second-order valence-electron chi connectivity index (χ2n) is 4.89. The van der Waals surface area contributed by atoms with Crippen molar-refractivity contribution in [2.75, 3.05) is 11.5 Å². The highest BCUT2D eigenvalue weighted by Crippen LogP contribution is 2.45. The molecule has 0 aromatic heterocycles. The van der Waals surface area contributed by atoms with Gasteiger partial charge in [-0.1, -0.05) is 6.42 Å². The molecule has 17 heavy (non-hydrogen) atoms. The lowest BCUT2D eigenvalue weighted by molar-refractivity contribution is -0.158. The summed E-state index contributed by atoms with van der Waals surface area (Å²) in [5.41, 5.74) is -0.916. The van der Waals surface area contributed by atoms with E-state index in [1.807, 2.05) is 0 Å². The number of barbiturate groups is 1. The van der Waals surface area contributed by atoms with Crippen molar-refractivity contribution in [3.05, 3.63) is 0 Å². The standard InChI is InChI=1S/C11H14N2O3S/c14-8-11(3-1-4-11)9(15)13(10(16)12-8)7-2-5-17-6-7/h7H,1-6H2,(H,12,14,16). The summed E-state index contributed by atoms with van der Waals surface area (Å²) in [4.78, 5) is 37.3. The smallest absolute Gasteiger partial charge is 0.277 e. The molecule has 2 saturated heterocycles. The summed E-state index contributed by atoms with van der Waals surface area (Å²) in [6.07, 6.45) is 2.90. The third-order valence-corrected chi connectivity index (χ3v) is 5.12. The number of carbonyl (C=O) groups excluding carboxylic acids is 3. The molecule has 1 N–H and O–H groups in total. The maximum Gasteiger partial charge on any atom is 0.331 e.